The Labute approximate surface area is 301 Å². The first-order chi connectivity index (χ1) is 23.3. The van der Waals surface area contributed by atoms with Crippen LogP contribution in [0.15, 0.2) is 164 Å². The van der Waals surface area contributed by atoms with Crippen LogP contribution in [-0.4, -0.2) is 25.3 Å². The standard InChI is InChI=1S/C30H20N4.C12H8As.Pt/c1-2-10-22(11-3-1)32-21-33(29-18-7-6-17-28(29)32)23-12-8-13-24(20-23)34-27-16-5-4-14-25(27)26-15-9-19-31-30(26)34;1-3-7-11-9(5-1)10-6-2-4-8-12(10)13-11;/h1-19,21H;1-8H;/q-2;;+2. The van der Waals surface area contributed by atoms with E-state index in [9.17, 15) is 0 Å². The molecule has 0 unspecified atom stereocenters. The third-order valence-corrected chi connectivity index (χ3v) is 11.4. The van der Waals surface area contributed by atoms with Crippen molar-refractivity contribution in [1.29, 1.82) is 0 Å². The zero-order valence-corrected chi connectivity index (χ0v) is 29.9. The van der Waals surface area contributed by atoms with E-state index in [1.165, 1.54) is 16.5 Å². The molecular weight excluding hydrogens is 830 g/mol. The van der Waals surface area contributed by atoms with E-state index in [2.05, 4.69) is 173 Å². The number of pyridine rings is 1. The molecule has 4 nitrogen and oxygen atoms in total. The molecule has 4 heterocycles. The molecule has 6 aromatic carbocycles. The van der Waals surface area contributed by atoms with E-state index in [1.54, 1.807) is 8.70 Å². The Morgan fingerprint density at radius 1 is 0.521 bits per heavy atom. The zero-order valence-electron chi connectivity index (χ0n) is 25.7. The topological polar surface area (TPSA) is 24.3 Å². The van der Waals surface area contributed by atoms with Gasteiger partial charge in [0.05, 0.1) is 5.52 Å². The summed E-state index contributed by atoms with van der Waals surface area (Å²) in [5.74, 6) is 0. The molecular formula is C42H28AsN4Pt. The molecule has 48 heavy (non-hydrogen) atoms. The summed E-state index contributed by atoms with van der Waals surface area (Å²) in [6.07, 6.45) is 1.85. The van der Waals surface area contributed by atoms with Gasteiger partial charge in [-0.15, -0.1) is 30.6 Å². The van der Waals surface area contributed by atoms with E-state index in [0.717, 1.165) is 45.0 Å². The van der Waals surface area contributed by atoms with Gasteiger partial charge in [0.1, 0.15) is 5.65 Å². The number of nitrogens with zero attached hydrogens (tertiary/aromatic N) is 4. The summed E-state index contributed by atoms with van der Waals surface area (Å²) in [5.41, 5.74) is 10.3. The summed E-state index contributed by atoms with van der Waals surface area (Å²) in [4.78, 5) is 9.14. The van der Waals surface area contributed by atoms with Crippen molar-refractivity contribution in [3.8, 4) is 16.8 Å². The first-order valence-electron chi connectivity index (χ1n) is 15.7. The van der Waals surface area contributed by atoms with E-state index in [0.29, 0.717) is 0 Å². The van der Waals surface area contributed by atoms with E-state index >= 15 is 0 Å². The Hall–Kier alpha value is -4.88. The van der Waals surface area contributed by atoms with E-state index in [-0.39, 0.29) is 36.8 Å². The molecule has 0 amide bonds. The Kier molecular flexibility index (Phi) is 8.22. The molecule has 0 spiro atoms. The normalized spacial score (nSPS) is 12.6. The van der Waals surface area contributed by atoms with Crippen LogP contribution in [0.1, 0.15) is 0 Å². The molecule has 0 bridgehead atoms. The fourth-order valence-corrected chi connectivity index (χ4v) is 9.12. The average molecular weight is 859 g/mol. The molecule has 0 aliphatic carbocycles. The van der Waals surface area contributed by atoms with Gasteiger partial charge in [0.15, 0.2) is 0 Å². The zero-order chi connectivity index (χ0) is 31.2. The minimum atomic E-state index is 0. The van der Waals surface area contributed by atoms with Crippen molar-refractivity contribution in [2.75, 3.05) is 9.80 Å². The summed E-state index contributed by atoms with van der Waals surface area (Å²) in [5, 5.41) is 2.34. The van der Waals surface area contributed by atoms with Gasteiger partial charge in [-0.25, -0.2) is 4.98 Å². The van der Waals surface area contributed by atoms with Crippen LogP contribution in [0.25, 0.3) is 38.8 Å². The van der Waals surface area contributed by atoms with Crippen molar-refractivity contribution in [2.24, 2.45) is 0 Å². The Balaban J connectivity index is 0.000000201. The second-order valence-corrected chi connectivity index (χ2v) is 14.0. The maximum absolute atomic E-state index is 4.72. The van der Waals surface area contributed by atoms with Gasteiger partial charge in [-0.3, -0.25) is 0 Å². The van der Waals surface area contributed by atoms with Gasteiger partial charge in [0.2, 0.25) is 0 Å². The Morgan fingerprint density at radius 3 is 1.90 bits per heavy atom. The number of hydrogen-bond donors (Lipinski definition) is 0. The predicted molar refractivity (Wildman–Crippen MR) is 196 cm³/mol. The van der Waals surface area contributed by atoms with Crippen LogP contribution in [0.5, 0.6) is 0 Å². The van der Waals surface area contributed by atoms with Crippen molar-refractivity contribution >= 4 is 69.1 Å². The van der Waals surface area contributed by atoms with Crippen LogP contribution >= 0.6 is 0 Å². The Bertz CT molecular complexity index is 2310. The van der Waals surface area contributed by atoms with Crippen molar-refractivity contribution < 1.29 is 21.1 Å². The van der Waals surface area contributed by atoms with Crippen LogP contribution in [0.2, 0.25) is 0 Å². The van der Waals surface area contributed by atoms with Crippen molar-refractivity contribution in [3.63, 3.8) is 0 Å². The number of benzene rings is 6. The summed E-state index contributed by atoms with van der Waals surface area (Å²) < 4.78 is 5.31. The molecule has 2 aliphatic rings. The van der Waals surface area contributed by atoms with E-state index in [1.807, 2.05) is 18.3 Å². The molecule has 0 atom stereocenters. The summed E-state index contributed by atoms with van der Waals surface area (Å²) in [6.45, 7) is 2.14. The van der Waals surface area contributed by atoms with Crippen LogP contribution in [0.4, 0.5) is 22.7 Å². The molecule has 2 aromatic heterocycles. The molecule has 8 aromatic rings. The fourth-order valence-electron chi connectivity index (χ4n) is 6.58. The molecule has 2 aliphatic heterocycles. The van der Waals surface area contributed by atoms with Crippen LogP contribution in [-0.2, 0) is 21.1 Å². The van der Waals surface area contributed by atoms with Gasteiger partial charge >= 0.3 is 105 Å². The van der Waals surface area contributed by atoms with E-state index < -0.39 is 0 Å². The molecule has 0 saturated carbocycles. The molecule has 231 valence electrons. The molecule has 0 fully saturated rings. The number of anilines is 4. The van der Waals surface area contributed by atoms with Crippen molar-refractivity contribution in [1.82, 2.24) is 9.55 Å². The first-order valence-corrected chi connectivity index (χ1v) is 17.6. The van der Waals surface area contributed by atoms with Crippen LogP contribution in [0, 0.1) is 12.7 Å². The molecule has 10 rings (SSSR count). The van der Waals surface area contributed by atoms with Gasteiger partial charge in [-0.1, -0.05) is 54.2 Å². The van der Waals surface area contributed by atoms with Crippen molar-refractivity contribution in [3.05, 3.63) is 177 Å². The second-order valence-electron chi connectivity index (χ2n) is 11.5. The predicted octanol–water partition coefficient (Wildman–Crippen LogP) is 8.71. The summed E-state index contributed by atoms with van der Waals surface area (Å²) in [7, 11) is 0. The van der Waals surface area contributed by atoms with Crippen LogP contribution in [0.3, 0.4) is 0 Å². The number of fused-ring (bicyclic) bond motifs is 7. The monoisotopic (exact) mass is 858 g/mol. The van der Waals surface area contributed by atoms with Gasteiger partial charge in [0.25, 0.3) is 0 Å². The fraction of sp³-hybridized carbons (Fsp3) is 0. The quantitative estimate of drug-likeness (QED) is 0.131. The van der Waals surface area contributed by atoms with Crippen LogP contribution < -0.4 is 18.5 Å². The van der Waals surface area contributed by atoms with E-state index in [4.69, 9.17) is 4.98 Å². The minimum absolute atomic E-state index is 0. The number of hydrogen-bond acceptors (Lipinski definition) is 3. The third-order valence-electron chi connectivity index (χ3n) is 8.70. The first kappa shape index (κ1) is 30.5. The Morgan fingerprint density at radius 2 is 1.12 bits per heavy atom. The molecule has 0 N–H and O–H groups in total. The van der Waals surface area contributed by atoms with Gasteiger partial charge in [-0.2, -0.15) is 6.07 Å². The third kappa shape index (κ3) is 5.26. The van der Waals surface area contributed by atoms with Gasteiger partial charge in [-0.05, 0) is 42.5 Å². The summed E-state index contributed by atoms with van der Waals surface area (Å²) in [6, 6.07) is 58.9. The maximum atomic E-state index is 4.72. The number of aromatic nitrogens is 2. The average Bonchev–Trinajstić information content (AvgIpc) is 3.82. The molecule has 1 radical (unpaired) electrons. The SMILES string of the molecule is [Pt+2].[c-]1c(N2[CH-]N(c3ccccc3)c3ccccc32)cccc1-n1c2ccccc2c2cccnc21.c1ccc2c(c1)[As]c1ccccc1-2. The summed E-state index contributed by atoms with van der Waals surface area (Å²) >= 11 is 0.251. The number of rotatable bonds is 3. The second kappa shape index (κ2) is 13.0. The van der Waals surface area contributed by atoms with Gasteiger partial charge < -0.3 is 14.4 Å². The molecule has 0 saturated heterocycles. The van der Waals surface area contributed by atoms with Gasteiger partial charge in [0, 0.05) is 34.0 Å². The van der Waals surface area contributed by atoms with Crippen molar-refractivity contribution in [2.45, 2.75) is 0 Å². The number of para-hydroxylation sites is 4. The molecule has 6 heteroatoms.